The number of carboxylic acids is 1. The number of hydrogen-bond donors (Lipinski definition) is 2. The minimum atomic E-state index is -0.859. The number of urea groups is 1. The van der Waals surface area contributed by atoms with Gasteiger partial charge in [0.1, 0.15) is 0 Å². The average Bonchev–Trinajstić information content (AvgIpc) is 2.76. The molecule has 2 amide bonds. The first kappa shape index (κ1) is 15.1. The SMILES string of the molecule is CC1CN(C(=O)Nc2ccc(Cl)c(Br)c2)CC1C(=O)O. The van der Waals surface area contributed by atoms with E-state index in [1.165, 1.54) is 4.90 Å². The molecule has 0 spiro atoms. The third-order valence-corrected chi connectivity index (χ3v) is 4.60. The van der Waals surface area contributed by atoms with Gasteiger partial charge in [0.25, 0.3) is 0 Å². The standard InChI is InChI=1S/C13H14BrClN2O3/c1-7-5-17(6-9(7)12(18)19)13(20)16-8-2-3-11(15)10(14)4-8/h2-4,7,9H,5-6H2,1H3,(H,16,20)(H,18,19). The molecule has 108 valence electrons. The van der Waals surface area contributed by atoms with E-state index in [9.17, 15) is 9.59 Å². The lowest BCUT2D eigenvalue weighted by molar-refractivity contribution is -0.142. The van der Waals surface area contributed by atoms with E-state index in [0.717, 1.165) is 0 Å². The number of carbonyl (C=O) groups excluding carboxylic acids is 1. The van der Waals surface area contributed by atoms with E-state index < -0.39 is 11.9 Å². The van der Waals surface area contributed by atoms with Crippen molar-refractivity contribution in [1.82, 2.24) is 4.90 Å². The molecule has 1 aromatic rings. The molecule has 2 N–H and O–H groups in total. The van der Waals surface area contributed by atoms with Crippen molar-refractivity contribution in [2.75, 3.05) is 18.4 Å². The molecule has 1 fully saturated rings. The van der Waals surface area contributed by atoms with Crippen molar-refractivity contribution in [3.8, 4) is 0 Å². The van der Waals surface area contributed by atoms with Crippen LogP contribution in [0.15, 0.2) is 22.7 Å². The number of benzene rings is 1. The fraction of sp³-hybridized carbons (Fsp3) is 0.385. The first-order valence-corrected chi connectivity index (χ1v) is 7.29. The minimum Gasteiger partial charge on any atom is -0.481 e. The van der Waals surface area contributed by atoms with Gasteiger partial charge in [-0.15, -0.1) is 0 Å². The van der Waals surface area contributed by atoms with E-state index in [0.29, 0.717) is 21.7 Å². The van der Waals surface area contributed by atoms with Gasteiger partial charge in [0.2, 0.25) is 0 Å². The van der Waals surface area contributed by atoms with Gasteiger partial charge in [-0.3, -0.25) is 4.79 Å². The van der Waals surface area contributed by atoms with Gasteiger partial charge in [0.15, 0.2) is 0 Å². The van der Waals surface area contributed by atoms with E-state index in [1.807, 2.05) is 6.92 Å². The fourth-order valence-electron chi connectivity index (χ4n) is 2.23. The molecule has 2 unspecified atom stereocenters. The second-order valence-corrected chi connectivity index (χ2v) is 6.15. The lowest BCUT2D eigenvalue weighted by atomic mass is 9.99. The van der Waals surface area contributed by atoms with Crippen molar-refractivity contribution in [2.45, 2.75) is 6.92 Å². The third-order valence-electron chi connectivity index (χ3n) is 3.39. The van der Waals surface area contributed by atoms with E-state index in [4.69, 9.17) is 16.7 Å². The van der Waals surface area contributed by atoms with Crippen LogP contribution in [0.2, 0.25) is 5.02 Å². The summed E-state index contributed by atoms with van der Waals surface area (Å²) in [5.74, 6) is -1.41. The van der Waals surface area contributed by atoms with Gasteiger partial charge in [-0.25, -0.2) is 4.79 Å². The molecule has 2 atom stereocenters. The fourth-order valence-corrected chi connectivity index (χ4v) is 2.73. The lowest BCUT2D eigenvalue weighted by Crippen LogP contribution is -2.33. The van der Waals surface area contributed by atoms with Gasteiger partial charge in [-0.2, -0.15) is 0 Å². The smallest absolute Gasteiger partial charge is 0.321 e. The summed E-state index contributed by atoms with van der Waals surface area (Å²) in [6.07, 6.45) is 0. The molecule has 0 aliphatic carbocycles. The molecular formula is C13H14BrClN2O3. The Kier molecular flexibility index (Phi) is 4.55. The Balaban J connectivity index is 2.02. The van der Waals surface area contributed by atoms with Gasteiger partial charge in [-0.05, 0) is 40.0 Å². The zero-order valence-electron chi connectivity index (χ0n) is 10.8. The molecule has 1 saturated heterocycles. The Bertz CT molecular complexity index is 552. The van der Waals surface area contributed by atoms with Crippen molar-refractivity contribution in [1.29, 1.82) is 0 Å². The highest BCUT2D eigenvalue weighted by Gasteiger charge is 2.36. The minimum absolute atomic E-state index is 0.0461. The molecule has 1 aromatic carbocycles. The van der Waals surface area contributed by atoms with Gasteiger partial charge in [-0.1, -0.05) is 18.5 Å². The van der Waals surface area contributed by atoms with Gasteiger partial charge in [0, 0.05) is 23.2 Å². The quantitative estimate of drug-likeness (QED) is 0.849. The van der Waals surface area contributed by atoms with Crippen LogP contribution in [-0.4, -0.2) is 35.1 Å². The maximum atomic E-state index is 12.1. The van der Waals surface area contributed by atoms with E-state index in [2.05, 4.69) is 21.2 Å². The van der Waals surface area contributed by atoms with Crippen LogP contribution < -0.4 is 5.32 Å². The number of aliphatic carboxylic acids is 1. The topological polar surface area (TPSA) is 69.6 Å². The number of amides is 2. The average molecular weight is 362 g/mol. The molecule has 20 heavy (non-hydrogen) atoms. The van der Waals surface area contributed by atoms with Crippen molar-refractivity contribution in [3.05, 3.63) is 27.7 Å². The lowest BCUT2D eigenvalue weighted by Gasteiger charge is -2.17. The Morgan fingerprint density at radius 2 is 2.15 bits per heavy atom. The predicted octanol–water partition coefficient (Wildman–Crippen LogP) is 3.29. The summed E-state index contributed by atoms with van der Waals surface area (Å²) in [4.78, 5) is 24.7. The molecule has 0 saturated carbocycles. The Hall–Kier alpha value is -1.27. The molecule has 7 heteroatoms. The van der Waals surface area contributed by atoms with E-state index in [-0.39, 0.29) is 18.5 Å². The molecule has 2 rings (SSSR count). The number of carbonyl (C=O) groups is 2. The van der Waals surface area contributed by atoms with Crippen LogP contribution in [0.5, 0.6) is 0 Å². The van der Waals surface area contributed by atoms with E-state index in [1.54, 1.807) is 18.2 Å². The van der Waals surface area contributed by atoms with E-state index >= 15 is 0 Å². The molecular weight excluding hydrogens is 348 g/mol. The number of likely N-dealkylation sites (tertiary alicyclic amines) is 1. The molecule has 1 aliphatic heterocycles. The van der Waals surface area contributed by atoms with Crippen LogP contribution in [0.1, 0.15) is 6.92 Å². The number of rotatable bonds is 2. The molecule has 1 heterocycles. The summed E-state index contributed by atoms with van der Waals surface area (Å²) < 4.78 is 0.690. The summed E-state index contributed by atoms with van der Waals surface area (Å²) >= 11 is 9.17. The number of hydrogen-bond acceptors (Lipinski definition) is 2. The molecule has 0 radical (unpaired) electrons. The zero-order valence-corrected chi connectivity index (χ0v) is 13.1. The molecule has 5 nitrogen and oxygen atoms in total. The molecule has 0 aromatic heterocycles. The second kappa shape index (κ2) is 6.01. The Labute approximate surface area is 130 Å². The number of halogens is 2. The maximum Gasteiger partial charge on any atom is 0.321 e. The van der Waals surface area contributed by atoms with Crippen LogP contribution in [-0.2, 0) is 4.79 Å². The third kappa shape index (κ3) is 3.24. The highest BCUT2D eigenvalue weighted by Crippen LogP contribution is 2.27. The number of carboxylic acid groups (broad SMARTS) is 1. The van der Waals surface area contributed by atoms with Crippen molar-refractivity contribution in [3.63, 3.8) is 0 Å². The first-order valence-electron chi connectivity index (χ1n) is 6.12. The summed E-state index contributed by atoms with van der Waals surface area (Å²) in [6, 6.07) is 4.77. The second-order valence-electron chi connectivity index (χ2n) is 4.89. The maximum absolute atomic E-state index is 12.1. The normalized spacial score (nSPS) is 21.9. The summed E-state index contributed by atoms with van der Waals surface area (Å²) in [7, 11) is 0. The van der Waals surface area contributed by atoms with Crippen molar-refractivity contribution < 1.29 is 14.7 Å². The summed E-state index contributed by atoms with van der Waals surface area (Å²) in [5.41, 5.74) is 0.609. The highest BCUT2D eigenvalue weighted by atomic mass is 79.9. The van der Waals surface area contributed by atoms with Gasteiger partial charge >= 0.3 is 12.0 Å². The van der Waals surface area contributed by atoms with Crippen LogP contribution in [0.25, 0.3) is 0 Å². The summed E-state index contributed by atoms with van der Waals surface area (Å²) in [5, 5.41) is 12.4. The predicted molar refractivity (Wildman–Crippen MR) is 80.0 cm³/mol. The molecule has 1 aliphatic rings. The highest BCUT2D eigenvalue weighted by molar-refractivity contribution is 9.10. The van der Waals surface area contributed by atoms with Gasteiger partial charge in [0.05, 0.1) is 10.9 Å². The Morgan fingerprint density at radius 3 is 2.70 bits per heavy atom. The number of anilines is 1. The largest absolute Gasteiger partial charge is 0.481 e. The van der Waals surface area contributed by atoms with Crippen LogP contribution in [0.4, 0.5) is 10.5 Å². The Morgan fingerprint density at radius 1 is 1.45 bits per heavy atom. The first-order chi connectivity index (χ1) is 9.38. The van der Waals surface area contributed by atoms with Crippen LogP contribution in [0.3, 0.4) is 0 Å². The number of nitrogens with zero attached hydrogens (tertiary/aromatic N) is 1. The zero-order chi connectivity index (χ0) is 14.9. The summed E-state index contributed by atoms with van der Waals surface area (Å²) in [6.45, 7) is 2.51. The van der Waals surface area contributed by atoms with Crippen molar-refractivity contribution >= 4 is 45.2 Å². The van der Waals surface area contributed by atoms with Crippen LogP contribution in [0, 0.1) is 11.8 Å². The van der Waals surface area contributed by atoms with Crippen LogP contribution >= 0.6 is 27.5 Å². The van der Waals surface area contributed by atoms with Crippen molar-refractivity contribution in [2.24, 2.45) is 11.8 Å². The molecule has 0 bridgehead atoms. The van der Waals surface area contributed by atoms with Gasteiger partial charge < -0.3 is 15.3 Å². The monoisotopic (exact) mass is 360 g/mol. The number of nitrogens with one attached hydrogen (secondary N) is 1.